The first-order valence-electron chi connectivity index (χ1n) is 7.53. The first-order chi connectivity index (χ1) is 10.8. The number of amides is 2. The quantitative estimate of drug-likeness (QED) is 0.790. The monoisotopic (exact) mass is 376 g/mol. The zero-order valence-electron chi connectivity index (χ0n) is 13.0. The van der Waals surface area contributed by atoms with Crippen LogP contribution in [0.2, 0.25) is 15.1 Å². The van der Waals surface area contributed by atoms with Crippen LogP contribution in [0, 0.1) is 11.8 Å². The standard InChI is InChI=1S/C16H19Cl3N2O2/c1-9(2)16(23)21-5-3-4-10(8-21)15(22)20-14-7-12(18)11(17)6-13(14)19/h6-7,9-10H,3-5,8H2,1-2H3,(H,20,22). The van der Waals surface area contributed by atoms with Crippen LogP contribution in [0.1, 0.15) is 26.7 Å². The van der Waals surface area contributed by atoms with E-state index in [4.69, 9.17) is 34.8 Å². The number of halogens is 3. The molecule has 1 aromatic rings. The number of rotatable bonds is 3. The summed E-state index contributed by atoms with van der Waals surface area (Å²) in [6.45, 7) is 4.86. The lowest BCUT2D eigenvalue weighted by Gasteiger charge is -2.33. The maximum absolute atomic E-state index is 12.5. The molecule has 0 bridgehead atoms. The largest absolute Gasteiger partial charge is 0.342 e. The molecule has 23 heavy (non-hydrogen) atoms. The van der Waals surface area contributed by atoms with Gasteiger partial charge in [0.25, 0.3) is 0 Å². The highest BCUT2D eigenvalue weighted by molar-refractivity contribution is 6.44. The highest BCUT2D eigenvalue weighted by Gasteiger charge is 2.29. The van der Waals surface area contributed by atoms with Crippen LogP contribution >= 0.6 is 34.8 Å². The molecular weight excluding hydrogens is 359 g/mol. The summed E-state index contributed by atoms with van der Waals surface area (Å²) in [6.07, 6.45) is 1.55. The van der Waals surface area contributed by atoms with Crippen molar-refractivity contribution in [3.63, 3.8) is 0 Å². The molecule has 126 valence electrons. The number of hydrogen-bond donors (Lipinski definition) is 1. The molecule has 1 saturated heterocycles. The molecule has 0 aliphatic carbocycles. The molecule has 0 spiro atoms. The van der Waals surface area contributed by atoms with Crippen molar-refractivity contribution in [3.05, 3.63) is 27.2 Å². The molecule has 2 amide bonds. The molecule has 1 aromatic carbocycles. The molecule has 1 heterocycles. The van der Waals surface area contributed by atoms with Crippen LogP contribution in [0.5, 0.6) is 0 Å². The van der Waals surface area contributed by atoms with Gasteiger partial charge in [-0.1, -0.05) is 48.7 Å². The minimum Gasteiger partial charge on any atom is -0.342 e. The van der Waals surface area contributed by atoms with E-state index in [1.54, 1.807) is 4.90 Å². The van der Waals surface area contributed by atoms with E-state index in [9.17, 15) is 9.59 Å². The van der Waals surface area contributed by atoms with E-state index >= 15 is 0 Å². The van der Waals surface area contributed by atoms with Crippen molar-refractivity contribution >= 4 is 52.3 Å². The molecule has 0 radical (unpaired) electrons. The zero-order chi connectivity index (χ0) is 17.1. The van der Waals surface area contributed by atoms with Crippen molar-refractivity contribution in [1.82, 2.24) is 4.90 Å². The highest BCUT2D eigenvalue weighted by Crippen LogP contribution is 2.33. The predicted molar refractivity (Wildman–Crippen MR) is 94.2 cm³/mol. The van der Waals surface area contributed by atoms with Gasteiger partial charge in [-0.3, -0.25) is 9.59 Å². The number of nitrogens with one attached hydrogen (secondary N) is 1. The van der Waals surface area contributed by atoms with Crippen molar-refractivity contribution in [1.29, 1.82) is 0 Å². The Morgan fingerprint density at radius 2 is 1.83 bits per heavy atom. The molecule has 1 unspecified atom stereocenters. The van der Waals surface area contributed by atoms with Gasteiger partial charge in [0.2, 0.25) is 11.8 Å². The minimum absolute atomic E-state index is 0.0682. The number of benzene rings is 1. The van der Waals surface area contributed by atoms with Crippen LogP contribution < -0.4 is 5.32 Å². The van der Waals surface area contributed by atoms with E-state index in [0.29, 0.717) is 33.8 Å². The Labute approximate surface area is 151 Å². The Hall–Kier alpha value is -0.970. The van der Waals surface area contributed by atoms with E-state index in [0.717, 1.165) is 12.8 Å². The number of carbonyl (C=O) groups is 2. The van der Waals surface area contributed by atoms with Gasteiger partial charge in [0, 0.05) is 19.0 Å². The number of carbonyl (C=O) groups excluding carboxylic acids is 2. The van der Waals surface area contributed by atoms with Crippen molar-refractivity contribution < 1.29 is 9.59 Å². The molecule has 2 rings (SSSR count). The summed E-state index contributed by atoms with van der Waals surface area (Å²) in [7, 11) is 0. The lowest BCUT2D eigenvalue weighted by atomic mass is 9.96. The van der Waals surface area contributed by atoms with Gasteiger partial charge in [0.05, 0.1) is 26.7 Å². The molecular formula is C16H19Cl3N2O2. The summed E-state index contributed by atoms with van der Waals surface area (Å²) < 4.78 is 0. The fourth-order valence-corrected chi connectivity index (χ4v) is 3.20. The summed E-state index contributed by atoms with van der Waals surface area (Å²) in [4.78, 5) is 26.3. The van der Waals surface area contributed by atoms with Gasteiger partial charge in [-0.05, 0) is 25.0 Å². The molecule has 7 heteroatoms. The van der Waals surface area contributed by atoms with Crippen LogP contribution in [-0.4, -0.2) is 29.8 Å². The molecule has 1 atom stereocenters. The summed E-state index contributed by atoms with van der Waals surface area (Å²) >= 11 is 17.9. The number of nitrogens with zero attached hydrogens (tertiary/aromatic N) is 1. The van der Waals surface area contributed by atoms with Gasteiger partial charge in [-0.25, -0.2) is 0 Å². The van der Waals surface area contributed by atoms with Gasteiger partial charge in [0.1, 0.15) is 0 Å². The van der Waals surface area contributed by atoms with Gasteiger partial charge < -0.3 is 10.2 Å². The van der Waals surface area contributed by atoms with E-state index in [1.165, 1.54) is 12.1 Å². The second kappa shape index (κ2) is 7.73. The summed E-state index contributed by atoms with van der Waals surface area (Å²) in [5.41, 5.74) is 0.429. The van der Waals surface area contributed by atoms with Crippen LogP contribution in [0.4, 0.5) is 5.69 Å². The van der Waals surface area contributed by atoms with Crippen LogP contribution in [-0.2, 0) is 9.59 Å². The van der Waals surface area contributed by atoms with Crippen LogP contribution in [0.3, 0.4) is 0 Å². The second-order valence-corrected chi connectivity index (χ2v) is 7.24. The van der Waals surface area contributed by atoms with E-state index in [-0.39, 0.29) is 23.7 Å². The average molecular weight is 378 g/mol. The average Bonchev–Trinajstić information content (AvgIpc) is 2.51. The summed E-state index contributed by atoms with van der Waals surface area (Å²) in [5, 5.41) is 3.78. The Morgan fingerprint density at radius 1 is 1.17 bits per heavy atom. The van der Waals surface area contributed by atoms with Crippen molar-refractivity contribution in [2.75, 3.05) is 18.4 Å². The Bertz CT molecular complexity index is 620. The van der Waals surface area contributed by atoms with Gasteiger partial charge in [0.15, 0.2) is 0 Å². The third kappa shape index (κ3) is 4.52. The molecule has 1 N–H and O–H groups in total. The first kappa shape index (κ1) is 18.4. The van der Waals surface area contributed by atoms with Crippen molar-refractivity contribution in [2.24, 2.45) is 11.8 Å². The summed E-state index contributed by atoms with van der Waals surface area (Å²) in [6, 6.07) is 3.03. The van der Waals surface area contributed by atoms with E-state index < -0.39 is 0 Å². The maximum atomic E-state index is 12.5. The zero-order valence-corrected chi connectivity index (χ0v) is 15.3. The number of piperidine rings is 1. The Kier molecular flexibility index (Phi) is 6.18. The van der Waals surface area contributed by atoms with Gasteiger partial charge in [-0.15, -0.1) is 0 Å². The third-order valence-electron chi connectivity index (χ3n) is 3.87. The van der Waals surface area contributed by atoms with E-state index in [1.807, 2.05) is 13.8 Å². The van der Waals surface area contributed by atoms with Crippen LogP contribution in [0.25, 0.3) is 0 Å². The first-order valence-corrected chi connectivity index (χ1v) is 8.67. The third-order valence-corrected chi connectivity index (χ3v) is 4.90. The Morgan fingerprint density at radius 3 is 2.48 bits per heavy atom. The molecule has 0 saturated carbocycles. The molecule has 4 nitrogen and oxygen atoms in total. The van der Waals surface area contributed by atoms with Crippen LogP contribution in [0.15, 0.2) is 12.1 Å². The smallest absolute Gasteiger partial charge is 0.229 e. The molecule has 0 aromatic heterocycles. The van der Waals surface area contributed by atoms with Gasteiger partial charge in [-0.2, -0.15) is 0 Å². The van der Waals surface area contributed by atoms with Crippen molar-refractivity contribution in [2.45, 2.75) is 26.7 Å². The molecule has 1 fully saturated rings. The predicted octanol–water partition coefficient (Wildman–Crippen LogP) is 4.48. The maximum Gasteiger partial charge on any atom is 0.229 e. The van der Waals surface area contributed by atoms with E-state index in [2.05, 4.69) is 5.32 Å². The second-order valence-electron chi connectivity index (χ2n) is 6.01. The minimum atomic E-state index is -0.253. The van der Waals surface area contributed by atoms with Gasteiger partial charge >= 0.3 is 0 Å². The lowest BCUT2D eigenvalue weighted by molar-refractivity contribution is -0.137. The number of hydrogen-bond acceptors (Lipinski definition) is 2. The molecule has 1 aliphatic rings. The van der Waals surface area contributed by atoms with Crippen molar-refractivity contribution in [3.8, 4) is 0 Å². The molecule has 1 aliphatic heterocycles. The fourth-order valence-electron chi connectivity index (χ4n) is 2.61. The number of likely N-dealkylation sites (tertiary alicyclic amines) is 1. The SMILES string of the molecule is CC(C)C(=O)N1CCCC(C(=O)Nc2cc(Cl)c(Cl)cc2Cl)C1. The normalized spacial score (nSPS) is 18.2. The summed E-state index contributed by atoms with van der Waals surface area (Å²) in [5.74, 6) is -0.403. The number of anilines is 1. The lowest BCUT2D eigenvalue weighted by Crippen LogP contribution is -2.45. The topological polar surface area (TPSA) is 49.4 Å². The fraction of sp³-hybridized carbons (Fsp3) is 0.500. The highest BCUT2D eigenvalue weighted by atomic mass is 35.5. The Balaban J connectivity index is 2.06.